The van der Waals surface area contributed by atoms with Crippen molar-refractivity contribution in [2.75, 3.05) is 11.1 Å². The number of rotatable bonds is 2. The maximum atomic E-state index is 13.7. The Morgan fingerprint density at radius 3 is 2.79 bits per heavy atom. The van der Waals surface area contributed by atoms with E-state index >= 15 is 0 Å². The summed E-state index contributed by atoms with van der Waals surface area (Å²) in [5, 5.41) is 3.29. The SMILES string of the molecule is Fc1cccc(NC2CCSc3c(F)cccc32)c1. The highest BCUT2D eigenvalue weighted by atomic mass is 32.2. The van der Waals surface area contributed by atoms with Crippen LogP contribution in [0.4, 0.5) is 14.5 Å². The molecule has 1 heterocycles. The molecule has 3 rings (SSSR count). The van der Waals surface area contributed by atoms with Crippen LogP contribution < -0.4 is 5.32 Å². The van der Waals surface area contributed by atoms with Gasteiger partial charge in [-0.3, -0.25) is 0 Å². The first kappa shape index (κ1) is 12.5. The van der Waals surface area contributed by atoms with Crippen LogP contribution in [-0.2, 0) is 0 Å². The fraction of sp³-hybridized carbons (Fsp3) is 0.200. The first-order valence-electron chi connectivity index (χ1n) is 6.17. The minimum atomic E-state index is -0.269. The predicted octanol–water partition coefficient (Wildman–Crippen LogP) is 4.61. The van der Waals surface area contributed by atoms with Gasteiger partial charge in [-0.15, -0.1) is 11.8 Å². The largest absolute Gasteiger partial charge is 0.378 e. The fourth-order valence-electron chi connectivity index (χ4n) is 2.32. The van der Waals surface area contributed by atoms with Crippen LogP contribution in [-0.4, -0.2) is 5.75 Å². The summed E-state index contributed by atoms with van der Waals surface area (Å²) in [5.74, 6) is 0.420. The van der Waals surface area contributed by atoms with Crippen molar-refractivity contribution in [2.45, 2.75) is 17.4 Å². The monoisotopic (exact) mass is 277 g/mol. The van der Waals surface area contributed by atoms with Crippen molar-refractivity contribution in [3.63, 3.8) is 0 Å². The van der Waals surface area contributed by atoms with Crippen LogP contribution in [0.5, 0.6) is 0 Å². The van der Waals surface area contributed by atoms with E-state index in [9.17, 15) is 8.78 Å². The summed E-state index contributed by atoms with van der Waals surface area (Å²) < 4.78 is 26.9. The van der Waals surface area contributed by atoms with Gasteiger partial charge in [-0.05, 0) is 36.2 Å². The minimum absolute atomic E-state index is 0.0359. The van der Waals surface area contributed by atoms with E-state index in [4.69, 9.17) is 0 Å². The number of fused-ring (bicyclic) bond motifs is 1. The third-order valence-corrected chi connectivity index (χ3v) is 4.35. The minimum Gasteiger partial charge on any atom is -0.378 e. The van der Waals surface area contributed by atoms with Crippen LogP contribution in [0.2, 0.25) is 0 Å². The van der Waals surface area contributed by atoms with Crippen LogP contribution >= 0.6 is 11.8 Å². The molecule has 0 amide bonds. The lowest BCUT2D eigenvalue weighted by atomic mass is 10.0. The maximum absolute atomic E-state index is 13.7. The van der Waals surface area contributed by atoms with Gasteiger partial charge in [0.2, 0.25) is 0 Å². The van der Waals surface area contributed by atoms with Crippen LogP contribution in [0.1, 0.15) is 18.0 Å². The third kappa shape index (κ3) is 2.59. The summed E-state index contributed by atoms with van der Waals surface area (Å²) in [6, 6.07) is 11.5. The Labute approximate surface area is 115 Å². The van der Waals surface area contributed by atoms with E-state index in [1.165, 1.54) is 18.2 Å². The Balaban J connectivity index is 1.90. The highest BCUT2D eigenvalue weighted by Crippen LogP contribution is 2.39. The number of anilines is 1. The van der Waals surface area contributed by atoms with Crippen molar-refractivity contribution in [2.24, 2.45) is 0 Å². The molecule has 2 aromatic carbocycles. The molecule has 1 atom stereocenters. The zero-order valence-corrected chi connectivity index (χ0v) is 11.0. The second-order valence-corrected chi connectivity index (χ2v) is 5.61. The van der Waals surface area contributed by atoms with Gasteiger partial charge in [-0.1, -0.05) is 18.2 Å². The van der Waals surface area contributed by atoms with Gasteiger partial charge in [0, 0.05) is 16.3 Å². The summed E-state index contributed by atoms with van der Waals surface area (Å²) in [6.45, 7) is 0. The van der Waals surface area contributed by atoms with Crippen molar-refractivity contribution < 1.29 is 8.78 Å². The summed E-state index contributed by atoms with van der Waals surface area (Å²) >= 11 is 1.54. The molecule has 1 aliphatic heterocycles. The zero-order chi connectivity index (χ0) is 13.2. The summed E-state index contributed by atoms with van der Waals surface area (Å²) in [5.41, 5.74) is 1.69. The van der Waals surface area contributed by atoms with Gasteiger partial charge in [-0.2, -0.15) is 0 Å². The highest BCUT2D eigenvalue weighted by molar-refractivity contribution is 7.99. The second kappa shape index (κ2) is 5.21. The lowest BCUT2D eigenvalue weighted by Gasteiger charge is -2.27. The van der Waals surface area contributed by atoms with Gasteiger partial charge in [0.15, 0.2) is 0 Å². The Morgan fingerprint density at radius 2 is 1.95 bits per heavy atom. The van der Waals surface area contributed by atoms with Crippen molar-refractivity contribution in [1.82, 2.24) is 0 Å². The lowest BCUT2D eigenvalue weighted by molar-refractivity contribution is 0.584. The van der Waals surface area contributed by atoms with Crippen molar-refractivity contribution in [3.8, 4) is 0 Å². The molecule has 1 nitrogen and oxygen atoms in total. The van der Waals surface area contributed by atoms with Gasteiger partial charge < -0.3 is 5.32 Å². The van der Waals surface area contributed by atoms with Crippen molar-refractivity contribution >= 4 is 17.4 Å². The van der Waals surface area contributed by atoms with E-state index in [1.54, 1.807) is 23.9 Å². The molecule has 0 fully saturated rings. The first-order valence-corrected chi connectivity index (χ1v) is 7.16. The number of nitrogens with one attached hydrogen (secondary N) is 1. The standard InChI is InChI=1S/C15H13F2NS/c16-10-3-1-4-11(9-10)18-14-7-8-19-15-12(14)5-2-6-13(15)17/h1-6,9,14,18H,7-8H2. The molecule has 0 saturated heterocycles. The van der Waals surface area contributed by atoms with E-state index < -0.39 is 0 Å². The predicted molar refractivity (Wildman–Crippen MR) is 74.5 cm³/mol. The molecule has 1 aliphatic rings. The van der Waals surface area contributed by atoms with Gasteiger partial charge in [0.1, 0.15) is 11.6 Å². The molecule has 98 valence electrons. The number of benzene rings is 2. The Morgan fingerprint density at radius 1 is 1.11 bits per heavy atom. The number of halogens is 2. The third-order valence-electron chi connectivity index (χ3n) is 3.19. The van der Waals surface area contributed by atoms with Gasteiger partial charge >= 0.3 is 0 Å². The number of hydrogen-bond donors (Lipinski definition) is 1. The molecule has 0 aliphatic carbocycles. The van der Waals surface area contributed by atoms with Gasteiger partial charge in [0.05, 0.1) is 6.04 Å². The molecule has 0 aromatic heterocycles. The molecule has 0 saturated carbocycles. The Hall–Kier alpha value is -1.55. The second-order valence-electron chi connectivity index (χ2n) is 4.50. The van der Waals surface area contributed by atoms with E-state index in [0.717, 1.165) is 23.4 Å². The van der Waals surface area contributed by atoms with E-state index in [2.05, 4.69) is 5.32 Å². The van der Waals surface area contributed by atoms with E-state index in [0.29, 0.717) is 4.90 Å². The highest BCUT2D eigenvalue weighted by Gasteiger charge is 2.22. The number of hydrogen-bond acceptors (Lipinski definition) is 2. The van der Waals surface area contributed by atoms with Gasteiger partial charge in [-0.25, -0.2) is 8.78 Å². The normalized spacial score (nSPS) is 17.9. The molecule has 19 heavy (non-hydrogen) atoms. The number of thioether (sulfide) groups is 1. The molecule has 0 bridgehead atoms. The average molecular weight is 277 g/mol. The summed E-state index contributed by atoms with van der Waals surface area (Å²) in [7, 11) is 0. The molecular weight excluding hydrogens is 264 g/mol. The Bertz CT molecular complexity index is 600. The van der Waals surface area contributed by atoms with Crippen LogP contribution in [0, 0.1) is 11.6 Å². The molecule has 1 unspecified atom stereocenters. The Kier molecular flexibility index (Phi) is 3.42. The lowest BCUT2D eigenvalue weighted by Crippen LogP contribution is -2.16. The molecular formula is C15H13F2NS. The maximum Gasteiger partial charge on any atom is 0.137 e. The molecule has 2 aromatic rings. The molecule has 1 N–H and O–H groups in total. The van der Waals surface area contributed by atoms with E-state index in [-0.39, 0.29) is 17.7 Å². The fourth-order valence-corrected chi connectivity index (χ4v) is 3.46. The van der Waals surface area contributed by atoms with Crippen molar-refractivity contribution in [1.29, 1.82) is 0 Å². The smallest absolute Gasteiger partial charge is 0.137 e. The van der Waals surface area contributed by atoms with Gasteiger partial charge in [0.25, 0.3) is 0 Å². The van der Waals surface area contributed by atoms with E-state index in [1.807, 2.05) is 12.1 Å². The zero-order valence-electron chi connectivity index (χ0n) is 10.2. The topological polar surface area (TPSA) is 12.0 Å². The van der Waals surface area contributed by atoms with Crippen LogP contribution in [0.3, 0.4) is 0 Å². The molecule has 4 heteroatoms. The quantitative estimate of drug-likeness (QED) is 0.860. The molecule has 0 radical (unpaired) electrons. The van der Waals surface area contributed by atoms with Crippen LogP contribution in [0.25, 0.3) is 0 Å². The average Bonchev–Trinajstić information content (AvgIpc) is 2.40. The van der Waals surface area contributed by atoms with Crippen molar-refractivity contribution in [3.05, 3.63) is 59.7 Å². The van der Waals surface area contributed by atoms with Crippen LogP contribution in [0.15, 0.2) is 47.4 Å². The summed E-state index contributed by atoms with van der Waals surface area (Å²) in [4.78, 5) is 0.711. The first-order chi connectivity index (χ1) is 9.24. The summed E-state index contributed by atoms with van der Waals surface area (Å²) in [6.07, 6.45) is 0.900. The molecule has 0 spiro atoms.